The van der Waals surface area contributed by atoms with Gasteiger partial charge in [0.25, 0.3) is 0 Å². The van der Waals surface area contributed by atoms with Crippen LogP contribution in [0.2, 0.25) is 0 Å². The van der Waals surface area contributed by atoms with E-state index in [1.54, 1.807) is 13.3 Å². The summed E-state index contributed by atoms with van der Waals surface area (Å²) < 4.78 is 3.38. The zero-order valence-corrected chi connectivity index (χ0v) is 10.4. The number of nitrogens with zero attached hydrogens (tertiary/aromatic N) is 4. The van der Waals surface area contributed by atoms with E-state index in [1.807, 2.05) is 4.57 Å². The van der Waals surface area contributed by atoms with Crippen LogP contribution >= 0.6 is 0 Å². The van der Waals surface area contributed by atoms with E-state index in [-0.39, 0.29) is 11.6 Å². The van der Waals surface area contributed by atoms with Crippen LogP contribution in [0.4, 0.5) is 0 Å². The van der Waals surface area contributed by atoms with Gasteiger partial charge >= 0.3 is 5.69 Å². The van der Waals surface area contributed by atoms with E-state index in [0.29, 0.717) is 29.8 Å². The second-order valence-corrected chi connectivity index (χ2v) is 5.46. The SMILES string of the molecule is Cc1nc(=O)n2c3c1ncn3C[C@H]1C[C@@H]2C(O)[C@H]1O. The molecule has 4 atom stereocenters. The summed E-state index contributed by atoms with van der Waals surface area (Å²) in [5, 5.41) is 20.2. The first-order chi connectivity index (χ1) is 9.08. The predicted molar refractivity (Wildman–Crippen MR) is 65.7 cm³/mol. The van der Waals surface area contributed by atoms with Crippen molar-refractivity contribution in [3.05, 3.63) is 22.5 Å². The number of hydrogen-bond acceptors (Lipinski definition) is 5. The van der Waals surface area contributed by atoms with Crippen molar-refractivity contribution in [1.82, 2.24) is 19.1 Å². The van der Waals surface area contributed by atoms with Gasteiger partial charge < -0.3 is 14.8 Å². The molecule has 1 aliphatic carbocycles. The fraction of sp³-hybridized carbons (Fsp3) is 0.583. The van der Waals surface area contributed by atoms with E-state index in [0.717, 1.165) is 0 Å². The average molecular weight is 262 g/mol. The maximum Gasteiger partial charge on any atom is 0.349 e. The first-order valence-corrected chi connectivity index (χ1v) is 6.38. The van der Waals surface area contributed by atoms with Gasteiger partial charge in [0.1, 0.15) is 17.3 Å². The molecule has 0 radical (unpaired) electrons. The Morgan fingerprint density at radius 1 is 1.37 bits per heavy atom. The zero-order chi connectivity index (χ0) is 13.3. The maximum absolute atomic E-state index is 12.2. The van der Waals surface area contributed by atoms with Crippen molar-refractivity contribution in [1.29, 1.82) is 0 Å². The number of hydrogen-bond donors (Lipinski definition) is 2. The Kier molecular flexibility index (Phi) is 2.01. The minimum atomic E-state index is -0.918. The molecule has 2 bridgehead atoms. The largest absolute Gasteiger partial charge is 0.390 e. The maximum atomic E-state index is 12.2. The molecule has 2 aromatic heterocycles. The highest BCUT2D eigenvalue weighted by molar-refractivity contribution is 5.74. The molecule has 19 heavy (non-hydrogen) atoms. The van der Waals surface area contributed by atoms with Crippen LogP contribution in [0.3, 0.4) is 0 Å². The number of imidazole rings is 1. The van der Waals surface area contributed by atoms with E-state index in [9.17, 15) is 15.0 Å². The normalized spacial score (nSPS) is 32.8. The Labute approximate surface area is 108 Å². The summed E-state index contributed by atoms with van der Waals surface area (Å²) >= 11 is 0. The Bertz CT molecular complexity index is 734. The van der Waals surface area contributed by atoms with Crippen LogP contribution in [0.15, 0.2) is 11.1 Å². The standard InChI is InChI=1S/C12H14N4O3/c1-5-8-11-15(4-13-8)3-6-2-7(10(18)9(6)17)16(11)12(19)14-5/h4,6-7,9-10,17-18H,2-3H2,1H3/t6-,7-,9+,10?/m1/s1. The highest BCUT2D eigenvalue weighted by Crippen LogP contribution is 2.39. The molecule has 7 heteroatoms. The van der Waals surface area contributed by atoms with Crippen LogP contribution in [0.1, 0.15) is 18.2 Å². The molecule has 1 unspecified atom stereocenters. The van der Waals surface area contributed by atoms with Gasteiger partial charge in [0, 0.05) is 12.5 Å². The molecule has 4 rings (SSSR count). The molecule has 2 aromatic rings. The Morgan fingerprint density at radius 3 is 2.95 bits per heavy atom. The molecular weight excluding hydrogens is 248 g/mol. The second kappa shape index (κ2) is 3.43. The molecule has 0 amide bonds. The van der Waals surface area contributed by atoms with E-state index < -0.39 is 18.2 Å². The van der Waals surface area contributed by atoms with Gasteiger partial charge in [-0.15, -0.1) is 0 Å². The van der Waals surface area contributed by atoms with Crippen LogP contribution in [-0.2, 0) is 6.54 Å². The van der Waals surface area contributed by atoms with E-state index >= 15 is 0 Å². The molecule has 0 saturated heterocycles. The number of aliphatic hydroxyl groups excluding tert-OH is 2. The fourth-order valence-electron chi connectivity index (χ4n) is 3.45. The van der Waals surface area contributed by atoms with Crippen molar-refractivity contribution in [3.63, 3.8) is 0 Å². The summed E-state index contributed by atoms with van der Waals surface area (Å²) in [5.41, 5.74) is 1.61. The van der Waals surface area contributed by atoms with Crippen LogP contribution in [0.5, 0.6) is 0 Å². The van der Waals surface area contributed by atoms with E-state index in [2.05, 4.69) is 9.97 Å². The number of rotatable bonds is 0. The van der Waals surface area contributed by atoms with Gasteiger partial charge in [0.05, 0.1) is 24.2 Å². The van der Waals surface area contributed by atoms with Crippen molar-refractivity contribution in [2.45, 2.75) is 38.1 Å². The minimum Gasteiger partial charge on any atom is -0.390 e. The lowest BCUT2D eigenvalue weighted by Crippen LogP contribution is -2.37. The van der Waals surface area contributed by atoms with Gasteiger partial charge in [0.2, 0.25) is 0 Å². The third-order valence-corrected chi connectivity index (χ3v) is 4.38. The average Bonchev–Trinajstić information content (AvgIpc) is 2.82. The van der Waals surface area contributed by atoms with E-state index in [1.165, 1.54) is 4.57 Å². The van der Waals surface area contributed by atoms with Crippen molar-refractivity contribution < 1.29 is 10.2 Å². The molecule has 0 spiro atoms. The summed E-state index contributed by atoms with van der Waals surface area (Å²) in [6, 6.07) is -0.416. The monoisotopic (exact) mass is 262 g/mol. The molecule has 1 fully saturated rings. The number of fused-ring (bicyclic) bond motifs is 3. The van der Waals surface area contributed by atoms with Crippen LogP contribution in [0, 0.1) is 12.8 Å². The summed E-state index contributed by atoms with van der Waals surface area (Å²) in [5.74, 6) is -0.0583. The van der Waals surface area contributed by atoms with Gasteiger partial charge in [-0.05, 0) is 13.3 Å². The fourth-order valence-corrected chi connectivity index (χ4v) is 3.45. The number of aliphatic hydroxyl groups is 2. The van der Waals surface area contributed by atoms with Crippen molar-refractivity contribution >= 4 is 11.2 Å². The molecular formula is C12H14N4O3. The lowest BCUT2D eigenvalue weighted by atomic mass is 10.1. The lowest BCUT2D eigenvalue weighted by molar-refractivity contribution is 0.00117. The van der Waals surface area contributed by atoms with Crippen molar-refractivity contribution in [2.24, 2.45) is 5.92 Å². The molecule has 0 aromatic carbocycles. The molecule has 1 saturated carbocycles. The highest BCUT2D eigenvalue weighted by atomic mass is 16.3. The van der Waals surface area contributed by atoms with Crippen LogP contribution in [0.25, 0.3) is 11.2 Å². The lowest BCUT2D eigenvalue weighted by Gasteiger charge is -2.23. The van der Waals surface area contributed by atoms with Gasteiger partial charge in [-0.3, -0.25) is 4.57 Å². The molecule has 1 aliphatic heterocycles. The van der Waals surface area contributed by atoms with Gasteiger partial charge in [0.15, 0.2) is 0 Å². The zero-order valence-electron chi connectivity index (χ0n) is 10.4. The van der Waals surface area contributed by atoms with Crippen LogP contribution in [-0.4, -0.2) is 41.5 Å². The van der Waals surface area contributed by atoms with Crippen LogP contribution < -0.4 is 5.69 Å². The molecule has 100 valence electrons. The van der Waals surface area contributed by atoms with Crippen molar-refractivity contribution in [3.8, 4) is 0 Å². The molecule has 3 heterocycles. The third-order valence-electron chi connectivity index (χ3n) is 4.38. The van der Waals surface area contributed by atoms with Gasteiger partial charge in [-0.1, -0.05) is 0 Å². The minimum absolute atomic E-state index is 0.0583. The number of aryl methyl sites for hydroxylation is 1. The highest BCUT2D eigenvalue weighted by Gasteiger charge is 2.45. The topological polar surface area (TPSA) is 93.2 Å². The smallest absolute Gasteiger partial charge is 0.349 e. The first kappa shape index (κ1) is 11.1. The van der Waals surface area contributed by atoms with Crippen molar-refractivity contribution in [2.75, 3.05) is 0 Å². The first-order valence-electron chi connectivity index (χ1n) is 6.38. The predicted octanol–water partition coefficient (Wildman–Crippen LogP) is -0.802. The number of aromatic nitrogens is 4. The summed E-state index contributed by atoms with van der Waals surface area (Å²) in [4.78, 5) is 20.5. The molecule has 7 nitrogen and oxygen atoms in total. The Hall–Kier alpha value is -1.73. The van der Waals surface area contributed by atoms with Gasteiger partial charge in [-0.2, -0.15) is 4.98 Å². The molecule has 2 N–H and O–H groups in total. The quantitative estimate of drug-likeness (QED) is 0.648. The summed E-state index contributed by atoms with van der Waals surface area (Å²) in [6.07, 6.45) is 0.543. The third kappa shape index (κ3) is 1.26. The Balaban J connectivity index is 2.11. The Morgan fingerprint density at radius 2 is 2.16 bits per heavy atom. The summed E-state index contributed by atoms with van der Waals surface area (Å²) in [7, 11) is 0. The second-order valence-electron chi connectivity index (χ2n) is 5.46. The summed E-state index contributed by atoms with van der Waals surface area (Å²) in [6.45, 7) is 2.32. The van der Waals surface area contributed by atoms with E-state index in [4.69, 9.17) is 0 Å². The van der Waals surface area contributed by atoms with Gasteiger partial charge in [-0.25, -0.2) is 9.78 Å². The molecule has 2 aliphatic rings.